The number of halogens is 2. The van der Waals surface area contributed by atoms with Gasteiger partial charge in [0.1, 0.15) is 11.6 Å². The fraction of sp³-hybridized carbons (Fsp3) is 0.562. The lowest BCUT2D eigenvalue weighted by molar-refractivity contribution is -0.133. The van der Waals surface area contributed by atoms with Crippen LogP contribution in [0.15, 0.2) is 18.2 Å². The number of hydrogen-bond donors (Lipinski definition) is 1. The van der Waals surface area contributed by atoms with Crippen LogP contribution in [-0.2, 0) is 4.79 Å². The molecule has 2 rings (SSSR count). The van der Waals surface area contributed by atoms with E-state index < -0.39 is 5.82 Å². The third kappa shape index (κ3) is 4.58. The van der Waals surface area contributed by atoms with Crippen LogP contribution in [0.3, 0.4) is 0 Å². The first-order chi connectivity index (χ1) is 10.5. The number of ether oxygens (including phenoxy) is 1. The zero-order valence-corrected chi connectivity index (χ0v) is 13.5. The van der Waals surface area contributed by atoms with Crippen LogP contribution in [0.4, 0.5) is 4.39 Å². The predicted octanol–water partition coefficient (Wildman–Crippen LogP) is 2.83. The Kier molecular flexibility index (Phi) is 6.03. The minimum atomic E-state index is -0.413. The maximum Gasteiger partial charge on any atom is 0.226 e. The van der Waals surface area contributed by atoms with Gasteiger partial charge in [0.05, 0.1) is 18.1 Å². The van der Waals surface area contributed by atoms with Crippen molar-refractivity contribution in [3.05, 3.63) is 29.0 Å². The van der Waals surface area contributed by atoms with E-state index in [-0.39, 0.29) is 30.0 Å². The molecule has 1 aliphatic heterocycles. The molecular formula is C16H22ClFN2O2. The van der Waals surface area contributed by atoms with Crippen molar-refractivity contribution in [1.29, 1.82) is 0 Å². The minimum Gasteiger partial charge on any atom is -0.491 e. The van der Waals surface area contributed by atoms with E-state index in [4.69, 9.17) is 22.1 Å². The average molecular weight is 329 g/mol. The van der Waals surface area contributed by atoms with Gasteiger partial charge in [0, 0.05) is 19.1 Å². The minimum absolute atomic E-state index is 0.0589. The fourth-order valence-corrected chi connectivity index (χ4v) is 2.89. The second kappa shape index (κ2) is 7.79. The van der Waals surface area contributed by atoms with E-state index in [1.807, 2.05) is 11.8 Å². The normalized spacial score (nSPS) is 19.8. The number of carbonyl (C=O) groups is 1. The highest BCUT2D eigenvalue weighted by Gasteiger charge is 2.25. The molecule has 1 heterocycles. The Morgan fingerprint density at radius 1 is 1.59 bits per heavy atom. The zero-order valence-electron chi connectivity index (χ0n) is 12.7. The van der Waals surface area contributed by atoms with Gasteiger partial charge in [-0.15, -0.1) is 0 Å². The first kappa shape index (κ1) is 17.0. The highest BCUT2D eigenvalue weighted by Crippen LogP contribution is 2.25. The molecule has 1 saturated heterocycles. The second-order valence-corrected chi connectivity index (χ2v) is 6.18. The van der Waals surface area contributed by atoms with Crippen LogP contribution in [0, 0.1) is 11.7 Å². The molecule has 6 heteroatoms. The van der Waals surface area contributed by atoms with Crippen molar-refractivity contribution in [3.63, 3.8) is 0 Å². The molecule has 2 N–H and O–H groups in total. The first-order valence-electron chi connectivity index (χ1n) is 7.58. The van der Waals surface area contributed by atoms with E-state index in [1.165, 1.54) is 18.2 Å². The van der Waals surface area contributed by atoms with Gasteiger partial charge in [0.15, 0.2) is 0 Å². The molecule has 0 radical (unpaired) electrons. The lowest BCUT2D eigenvalue weighted by Crippen LogP contribution is -2.45. The summed E-state index contributed by atoms with van der Waals surface area (Å²) in [5.74, 6) is 0.403. The number of likely N-dealkylation sites (tertiary alicyclic amines) is 1. The second-order valence-electron chi connectivity index (χ2n) is 5.77. The number of rotatable bonds is 5. The monoisotopic (exact) mass is 328 g/mol. The lowest BCUT2D eigenvalue weighted by Gasteiger charge is -2.34. The van der Waals surface area contributed by atoms with Gasteiger partial charge in [-0.2, -0.15) is 0 Å². The van der Waals surface area contributed by atoms with E-state index in [1.54, 1.807) is 0 Å². The highest BCUT2D eigenvalue weighted by atomic mass is 35.5. The van der Waals surface area contributed by atoms with Crippen LogP contribution in [0.25, 0.3) is 0 Å². The number of carbonyl (C=O) groups excluding carboxylic acids is 1. The molecule has 2 atom stereocenters. The molecule has 1 aliphatic rings. The van der Waals surface area contributed by atoms with E-state index in [0.29, 0.717) is 18.2 Å². The Balaban J connectivity index is 1.80. The van der Waals surface area contributed by atoms with Crippen LogP contribution in [0.1, 0.15) is 26.2 Å². The Hall–Kier alpha value is -1.33. The molecule has 4 nitrogen and oxygen atoms in total. The van der Waals surface area contributed by atoms with Crippen molar-refractivity contribution in [1.82, 2.24) is 4.90 Å². The number of nitrogens with two attached hydrogens (primary N) is 1. The average Bonchev–Trinajstić information content (AvgIpc) is 2.49. The third-order valence-electron chi connectivity index (χ3n) is 4.02. The van der Waals surface area contributed by atoms with Crippen molar-refractivity contribution in [3.8, 4) is 5.75 Å². The van der Waals surface area contributed by atoms with Crippen molar-refractivity contribution in [2.24, 2.45) is 11.7 Å². The standard InChI is InChI=1S/C16H22ClFN2O2/c1-11(19)12-3-2-7-20(10-12)16(21)6-8-22-15-5-4-13(18)9-14(15)17/h4-5,9,11-12H,2-3,6-8,10,19H2,1H3. The Bertz CT molecular complexity index is 525. The van der Waals surface area contributed by atoms with Crippen LogP contribution < -0.4 is 10.5 Å². The van der Waals surface area contributed by atoms with Crippen molar-refractivity contribution >= 4 is 17.5 Å². The summed E-state index contributed by atoms with van der Waals surface area (Å²) in [6.45, 7) is 3.70. The Morgan fingerprint density at radius 2 is 2.36 bits per heavy atom. The van der Waals surface area contributed by atoms with Gasteiger partial charge in [-0.25, -0.2) is 4.39 Å². The molecule has 0 aromatic heterocycles. The molecule has 1 aromatic rings. The Morgan fingerprint density at radius 3 is 3.05 bits per heavy atom. The molecule has 1 amide bonds. The summed E-state index contributed by atoms with van der Waals surface area (Å²) in [6.07, 6.45) is 2.34. The largest absolute Gasteiger partial charge is 0.491 e. The molecule has 122 valence electrons. The summed E-state index contributed by atoms with van der Waals surface area (Å²) in [6, 6.07) is 4.04. The van der Waals surface area contributed by atoms with Gasteiger partial charge in [-0.3, -0.25) is 4.79 Å². The van der Waals surface area contributed by atoms with E-state index >= 15 is 0 Å². The van der Waals surface area contributed by atoms with E-state index in [0.717, 1.165) is 19.4 Å². The summed E-state index contributed by atoms with van der Waals surface area (Å²) in [7, 11) is 0. The zero-order chi connectivity index (χ0) is 16.1. The molecule has 0 saturated carbocycles. The maximum absolute atomic E-state index is 12.9. The highest BCUT2D eigenvalue weighted by molar-refractivity contribution is 6.32. The predicted molar refractivity (Wildman–Crippen MR) is 84.5 cm³/mol. The van der Waals surface area contributed by atoms with Crippen molar-refractivity contribution < 1.29 is 13.9 Å². The van der Waals surface area contributed by atoms with Gasteiger partial charge < -0.3 is 15.4 Å². The van der Waals surface area contributed by atoms with Crippen LogP contribution in [0.5, 0.6) is 5.75 Å². The van der Waals surface area contributed by atoms with Gasteiger partial charge in [0.25, 0.3) is 0 Å². The van der Waals surface area contributed by atoms with Crippen LogP contribution in [0.2, 0.25) is 5.02 Å². The molecule has 2 unspecified atom stereocenters. The molecule has 1 fully saturated rings. The van der Waals surface area contributed by atoms with Crippen LogP contribution in [-0.4, -0.2) is 36.5 Å². The number of hydrogen-bond acceptors (Lipinski definition) is 3. The first-order valence-corrected chi connectivity index (χ1v) is 7.96. The number of nitrogens with zero attached hydrogens (tertiary/aromatic N) is 1. The van der Waals surface area contributed by atoms with Gasteiger partial charge in [-0.1, -0.05) is 11.6 Å². The molecule has 22 heavy (non-hydrogen) atoms. The lowest BCUT2D eigenvalue weighted by atomic mass is 9.92. The molecule has 0 spiro atoms. The molecule has 0 bridgehead atoms. The number of benzene rings is 1. The quantitative estimate of drug-likeness (QED) is 0.904. The number of piperidine rings is 1. The van der Waals surface area contributed by atoms with E-state index in [9.17, 15) is 9.18 Å². The SMILES string of the molecule is CC(N)C1CCCN(C(=O)CCOc2ccc(F)cc2Cl)C1. The van der Waals surface area contributed by atoms with Gasteiger partial charge in [-0.05, 0) is 43.9 Å². The van der Waals surface area contributed by atoms with Crippen LogP contribution >= 0.6 is 11.6 Å². The topological polar surface area (TPSA) is 55.6 Å². The molecular weight excluding hydrogens is 307 g/mol. The summed E-state index contributed by atoms with van der Waals surface area (Å²) in [5.41, 5.74) is 5.93. The molecule has 0 aliphatic carbocycles. The number of amides is 1. The fourth-order valence-electron chi connectivity index (χ4n) is 2.66. The Labute approximate surface area is 135 Å². The smallest absolute Gasteiger partial charge is 0.226 e. The maximum atomic E-state index is 12.9. The summed E-state index contributed by atoms with van der Waals surface area (Å²) >= 11 is 5.87. The van der Waals surface area contributed by atoms with Crippen molar-refractivity contribution in [2.75, 3.05) is 19.7 Å². The third-order valence-corrected chi connectivity index (χ3v) is 4.32. The molecule has 1 aromatic carbocycles. The summed E-state index contributed by atoms with van der Waals surface area (Å²) < 4.78 is 18.4. The summed E-state index contributed by atoms with van der Waals surface area (Å²) in [5, 5.41) is 0.211. The van der Waals surface area contributed by atoms with Gasteiger partial charge >= 0.3 is 0 Å². The van der Waals surface area contributed by atoms with Crippen molar-refractivity contribution in [2.45, 2.75) is 32.2 Å². The van der Waals surface area contributed by atoms with Gasteiger partial charge in [0.2, 0.25) is 5.91 Å². The van der Waals surface area contributed by atoms with E-state index in [2.05, 4.69) is 0 Å². The summed E-state index contributed by atoms with van der Waals surface area (Å²) in [4.78, 5) is 14.1.